The predicted molar refractivity (Wildman–Crippen MR) is 93.8 cm³/mol. The molecule has 1 aromatic rings. The van der Waals surface area contributed by atoms with E-state index in [2.05, 4.69) is 10.6 Å². The lowest BCUT2D eigenvalue weighted by molar-refractivity contribution is -0.137. The van der Waals surface area contributed by atoms with Gasteiger partial charge in [0.05, 0.1) is 11.3 Å². The summed E-state index contributed by atoms with van der Waals surface area (Å²) in [5.74, 6) is -0.998. The van der Waals surface area contributed by atoms with E-state index in [1.54, 1.807) is 0 Å². The van der Waals surface area contributed by atoms with Gasteiger partial charge in [-0.1, -0.05) is 18.5 Å². The number of alkyl halides is 3. The first-order chi connectivity index (χ1) is 12.2. The van der Waals surface area contributed by atoms with Crippen molar-refractivity contribution in [1.29, 1.82) is 0 Å². The summed E-state index contributed by atoms with van der Waals surface area (Å²) in [6.45, 7) is 2.59. The van der Waals surface area contributed by atoms with Crippen molar-refractivity contribution in [1.82, 2.24) is 5.32 Å². The molecule has 0 unspecified atom stereocenters. The van der Waals surface area contributed by atoms with Gasteiger partial charge in [0.15, 0.2) is 0 Å². The molecule has 144 valence electrons. The molecule has 0 radical (unpaired) electrons. The number of benzene rings is 1. The van der Waals surface area contributed by atoms with Gasteiger partial charge in [0, 0.05) is 23.4 Å². The summed E-state index contributed by atoms with van der Waals surface area (Å²) in [6.07, 6.45) is -1.69. The minimum Gasteiger partial charge on any atom is -0.356 e. The van der Waals surface area contributed by atoms with E-state index in [0.29, 0.717) is 32.2 Å². The van der Waals surface area contributed by atoms with Crippen LogP contribution in [0.1, 0.15) is 44.6 Å². The zero-order chi connectivity index (χ0) is 19.3. The Morgan fingerprint density at radius 2 is 1.69 bits per heavy atom. The van der Waals surface area contributed by atoms with Crippen molar-refractivity contribution in [3.05, 3.63) is 28.8 Å². The van der Waals surface area contributed by atoms with E-state index in [1.165, 1.54) is 6.07 Å². The summed E-state index contributed by atoms with van der Waals surface area (Å²) in [6, 6.07) is 3.26. The molecular weight excluding hydrogens is 369 g/mol. The van der Waals surface area contributed by atoms with Crippen molar-refractivity contribution in [3.8, 4) is 0 Å². The normalized spacial score (nSPS) is 20.5. The Balaban J connectivity index is 1.97. The molecular formula is C18H22ClF3N2O2. The van der Waals surface area contributed by atoms with Gasteiger partial charge in [-0.25, -0.2) is 0 Å². The standard InChI is InChI=1S/C18H22ClF3N2O2/c1-2-9-23-16(25)11-3-5-12(6-4-11)17(26)24-15-8-7-13(19)10-14(15)18(20,21)22/h7-8,10-12H,2-6,9H2,1H3,(H,23,25)(H,24,26). The predicted octanol–water partition coefficient (Wildman–Crippen LogP) is 4.63. The fourth-order valence-corrected chi connectivity index (χ4v) is 3.28. The molecule has 0 bridgehead atoms. The van der Waals surface area contributed by atoms with Crippen LogP contribution in [-0.4, -0.2) is 18.4 Å². The first-order valence-electron chi connectivity index (χ1n) is 8.67. The largest absolute Gasteiger partial charge is 0.418 e. The molecule has 4 nitrogen and oxygen atoms in total. The van der Waals surface area contributed by atoms with Crippen LogP contribution in [-0.2, 0) is 15.8 Å². The van der Waals surface area contributed by atoms with Gasteiger partial charge < -0.3 is 10.6 Å². The average Bonchev–Trinajstić information content (AvgIpc) is 2.60. The zero-order valence-corrected chi connectivity index (χ0v) is 15.2. The van der Waals surface area contributed by atoms with Crippen molar-refractivity contribution in [2.75, 3.05) is 11.9 Å². The smallest absolute Gasteiger partial charge is 0.356 e. The molecule has 1 saturated carbocycles. The monoisotopic (exact) mass is 390 g/mol. The van der Waals surface area contributed by atoms with Crippen molar-refractivity contribution in [2.45, 2.75) is 45.2 Å². The summed E-state index contributed by atoms with van der Waals surface area (Å²) < 4.78 is 39.3. The first-order valence-corrected chi connectivity index (χ1v) is 9.05. The first kappa shape index (κ1) is 20.6. The lowest BCUT2D eigenvalue weighted by Gasteiger charge is -2.27. The third-order valence-corrected chi connectivity index (χ3v) is 4.80. The molecule has 1 aliphatic carbocycles. The Labute approximate surface area is 155 Å². The van der Waals surface area contributed by atoms with Crippen LogP contribution in [0.25, 0.3) is 0 Å². The van der Waals surface area contributed by atoms with E-state index in [0.717, 1.165) is 18.6 Å². The highest BCUT2D eigenvalue weighted by atomic mass is 35.5. The number of carbonyl (C=O) groups excluding carboxylic acids is 2. The zero-order valence-electron chi connectivity index (χ0n) is 14.5. The SMILES string of the molecule is CCCNC(=O)C1CCC(C(=O)Nc2ccc(Cl)cc2C(F)(F)F)CC1. The summed E-state index contributed by atoms with van der Waals surface area (Å²) in [4.78, 5) is 24.3. The van der Waals surface area contributed by atoms with Crippen molar-refractivity contribution >= 4 is 29.1 Å². The topological polar surface area (TPSA) is 58.2 Å². The third-order valence-electron chi connectivity index (χ3n) is 4.56. The summed E-state index contributed by atoms with van der Waals surface area (Å²) >= 11 is 5.64. The van der Waals surface area contributed by atoms with Crippen LogP contribution in [0.3, 0.4) is 0 Å². The maximum Gasteiger partial charge on any atom is 0.418 e. The van der Waals surface area contributed by atoms with E-state index < -0.39 is 23.6 Å². The van der Waals surface area contributed by atoms with Gasteiger partial charge in [-0.05, 0) is 50.3 Å². The minimum atomic E-state index is -4.61. The number of amides is 2. The minimum absolute atomic E-state index is 0.0113. The highest BCUT2D eigenvalue weighted by Gasteiger charge is 2.35. The molecule has 0 heterocycles. The van der Waals surface area contributed by atoms with Crippen LogP contribution < -0.4 is 10.6 Å². The van der Waals surface area contributed by atoms with Crippen LogP contribution in [0.4, 0.5) is 18.9 Å². The van der Waals surface area contributed by atoms with E-state index in [4.69, 9.17) is 11.6 Å². The second-order valence-corrected chi connectivity index (χ2v) is 6.95. The molecule has 1 aliphatic rings. The summed E-state index contributed by atoms with van der Waals surface area (Å²) in [5, 5.41) is 5.17. The molecule has 0 aromatic heterocycles. The van der Waals surface area contributed by atoms with Crippen LogP contribution in [0.15, 0.2) is 18.2 Å². The molecule has 26 heavy (non-hydrogen) atoms. The maximum atomic E-state index is 13.1. The number of rotatable bonds is 5. The highest BCUT2D eigenvalue weighted by Crippen LogP contribution is 2.37. The fraction of sp³-hybridized carbons (Fsp3) is 0.556. The number of carbonyl (C=O) groups is 2. The van der Waals surface area contributed by atoms with Gasteiger partial charge in [-0.2, -0.15) is 13.2 Å². The van der Waals surface area contributed by atoms with E-state index >= 15 is 0 Å². The molecule has 0 aliphatic heterocycles. The molecule has 2 rings (SSSR count). The van der Waals surface area contributed by atoms with Crippen molar-refractivity contribution in [3.63, 3.8) is 0 Å². The van der Waals surface area contributed by atoms with Crippen LogP contribution >= 0.6 is 11.6 Å². The second kappa shape index (κ2) is 8.75. The number of hydrogen-bond acceptors (Lipinski definition) is 2. The molecule has 1 fully saturated rings. The van der Waals surface area contributed by atoms with Crippen LogP contribution in [0.5, 0.6) is 0 Å². The maximum absolute atomic E-state index is 13.1. The lowest BCUT2D eigenvalue weighted by atomic mass is 9.81. The van der Waals surface area contributed by atoms with Gasteiger partial charge in [-0.15, -0.1) is 0 Å². The quantitative estimate of drug-likeness (QED) is 0.770. The molecule has 0 atom stereocenters. The number of nitrogens with one attached hydrogen (secondary N) is 2. The molecule has 2 N–H and O–H groups in total. The Hall–Kier alpha value is -1.76. The summed E-state index contributed by atoms with van der Waals surface area (Å²) in [7, 11) is 0. The highest BCUT2D eigenvalue weighted by molar-refractivity contribution is 6.30. The second-order valence-electron chi connectivity index (χ2n) is 6.52. The Morgan fingerprint density at radius 3 is 2.23 bits per heavy atom. The summed E-state index contributed by atoms with van der Waals surface area (Å²) in [5.41, 5.74) is -1.26. The lowest BCUT2D eigenvalue weighted by Crippen LogP contribution is -2.36. The van der Waals surface area contributed by atoms with Crippen molar-refractivity contribution in [2.24, 2.45) is 11.8 Å². The van der Waals surface area contributed by atoms with E-state index in [9.17, 15) is 22.8 Å². The fourth-order valence-electron chi connectivity index (χ4n) is 3.11. The Bertz CT molecular complexity index is 656. The molecule has 2 amide bonds. The molecule has 0 saturated heterocycles. The number of anilines is 1. The van der Waals surface area contributed by atoms with Gasteiger partial charge >= 0.3 is 6.18 Å². The third kappa shape index (κ3) is 5.37. The van der Waals surface area contributed by atoms with Crippen molar-refractivity contribution < 1.29 is 22.8 Å². The van der Waals surface area contributed by atoms with Gasteiger partial charge in [0.2, 0.25) is 11.8 Å². The van der Waals surface area contributed by atoms with Gasteiger partial charge in [0.25, 0.3) is 0 Å². The Kier molecular flexibility index (Phi) is 6.92. The number of halogens is 4. The van der Waals surface area contributed by atoms with Crippen LogP contribution in [0.2, 0.25) is 5.02 Å². The Morgan fingerprint density at radius 1 is 1.12 bits per heavy atom. The van der Waals surface area contributed by atoms with E-state index in [1.807, 2.05) is 6.92 Å². The van der Waals surface area contributed by atoms with Gasteiger partial charge in [-0.3, -0.25) is 9.59 Å². The molecule has 8 heteroatoms. The molecule has 0 spiro atoms. The molecule has 1 aromatic carbocycles. The van der Waals surface area contributed by atoms with E-state index in [-0.39, 0.29) is 22.5 Å². The number of hydrogen-bond donors (Lipinski definition) is 2. The van der Waals surface area contributed by atoms with Crippen LogP contribution in [0, 0.1) is 11.8 Å². The van der Waals surface area contributed by atoms with Gasteiger partial charge in [0.1, 0.15) is 0 Å². The average molecular weight is 391 g/mol.